The van der Waals surface area contributed by atoms with Crippen LogP contribution in [0.3, 0.4) is 0 Å². The van der Waals surface area contributed by atoms with Gasteiger partial charge in [0.05, 0.1) is 11.1 Å². The molecular formula is C17H12ClF3N2O2. The van der Waals surface area contributed by atoms with E-state index in [1.807, 2.05) is 6.92 Å². The van der Waals surface area contributed by atoms with Gasteiger partial charge in [0.1, 0.15) is 5.75 Å². The number of aromatic nitrogens is 2. The lowest BCUT2D eigenvalue weighted by atomic mass is 10.1. The van der Waals surface area contributed by atoms with E-state index in [0.29, 0.717) is 10.8 Å². The van der Waals surface area contributed by atoms with E-state index in [0.717, 1.165) is 11.6 Å². The van der Waals surface area contributed by atoms with Gasteiger partial charge in [0.25, 0.3) is 5.89 Å². The minimum Gasteiger partial charge on any atom is -0.485 e. The smallest absolute Gasteiger partial charge is 0.417 e. The Hall–Kier alpha value is -2.54. The van der Waals surface area contributed by atoms with Crippen LogP contribution in [0.1, 0.15) is 17.0 Å². The van der Waals surface area contributed by atoms with Gasteiger partial charge in [-0.2, -0.15) is 18.2 Å². The maximum absolute atomic E-state index is 13.1. The highest BCUT2D eigenvalue weighted by Crippen LogP contribution is 2.36. The van der Waals surface area contributed by atoms with Gasteiger partial charge in [0.2, 0.25) is 5.82 Å². The Morgan fingerprint density at radius 3 is 2.64 bits per heavy atom. The zero-order valence-corrected chi connectivity index (χ0v) is 13.7. The second kappa shape index (κ2) is 6.76. The molecule has 1 aromatic heterocycles. The number of hydrogen-bond donors (Lipinski definition) is 0. The van der Waals surface area contributed by atoms with Crippen LogP contribution in [0.2, 0.25) is 5.02 Å². The van der Waals surface area contributed by atoms with Gasteiger partial charge in [-0.05, 0) is 42.8 Å². The second-order valence-electron chi connectivity index (χ2n) is 5.26. The third-order valence-corrected chi connectivity index (χ3v) is 3.85. The van der Waals surface area contributed by atoms with Crippen molar-refractivity contribution in [1.82, 2.24) is 10.1 Å². The summed E-state index contributed by atoms with van der Waals surface area (Å²) < 4.78 is 49.6. The Labute approximate surface area is 146 Å². The summed E-state index contributed by atoms with van der Waals surface area (Å²) in [5.74, 6) is 0.474. The molecule has 0 aliphatic rings. The van der Waals surface area contributed by atoms with Crippen molar-refractivity contribution in [3.8, 4) is 17.2 Å². The molecule has 0 radical (unpaired) electrons. The molecule has 0 saturated carbocycles. The summed E-state index contributed by atoms with van der Waals surface area (Å²) in [7, 11) is 0. The highest BCUT2D eigenvalue weighted by molar-refractivity contribution is 6.31. The lowest BCUT2D eigenvalue weighted by molar-refractivity contribution is -0.137. The standard InChI is InChI=1S/C17H12ClF3N2O2/c1-10-8-11(6-7-14(10)18)24-9-15-22-16(25-23-15)12-4-2-3-5-13(12)17(19,20)21/h2-8H,9H2,1H3. The minimum absolute atomic E-state index is 0.0429. The summed E-state index contributed by atoms with van der Waals surface area (Å²) >= 11 is 5.93. The molecule has 0 aliphatic carbocycles. The lowest BCUT2D eigenvalue weighted by Crippen LogP contribution is -2.07. The van der Waals surface area contributed by atoms with Crippen LogP contribution < -0.4 is 4.74 Å². The molecule has 0 bridgehead atoms. The molecule has 4 nitrogen and oxygen atoms in total. The fourth-order valence-electron chi connectivity index (χ4n) is 2.19. The maximum atomic E-state index is 13.1. The quantitative estimate of drug-likeness (QED) is 0.627. The van der Waals surface area contributed by atoms with E-state index in [4.69, 9.17) is 20.9 Å². The summed E-state index contributed by atoms with van der Waals surface area (Å²) in [6.45, 7) is 1.79. The van der Waals surface area contributed by atoms with Gasteiger partial charge in [0, 0.05) is 5.02 Å². The Kier molecular flexibility index (Phi) is 4.67. The van der Waals surface area contributed by atoms with E-state index >= 15 is 0 Å². The van der Waals surface area contributed by atoms with Crippen molar-refractivity contribution in [2.75, 3.05) is 0 Å². The average Bonchev–Trinajstić information content (AvgIpc) is 3.04. The third-order valence-electron chi connectivity index (χ3n) is 3.43. The molecule has 0 amide bonds. The lowest BCUT2D eigenvalue weighted by Gasteiger charge is -2.09. The summed E-state index contributed by atoms with van der Waals surface area (Å²) in [5, 5.41) is 4.28. The molecule has 0 fully saturated rings. The minimum atomic E-state index is -4.51. The predicted molar refractivity (Wildman–Crippen MR) is 85.3 cm³/mol. The molecule has 0 saturated heterocycles. The SMILES string of the molecule is Cc1cc(OCc2noc(-c3ccccc3C(F)(F)F)n2)ccc1Cl. The van der Waals surface area contributed by atoms with Gasteiger partial charge in [-0.1, -0.05) is 28.9 Å². The van der Waals surface area contributed by atoms with Crippen molar-refractivity contribution in [3.63, 3.8) is 0 Å². The fraction of sp³-hybridized carbons (Fsp3) is 0.176. The summed E-state index contributed by atoms with van der Waals surface area (Å²) in [6.07, 6.45) is -4.51. The first-order valence-electron chi connectivity index (χ1n) is 7.23. The van der Waals surface area contributed by atoms with Gasteiger partial charge in [-0.3, -0.25) is 0 Å². The van der Waals surface area contributed by atoms with Crippen molar-refractivity contribution in [1.29, 1.82) is 0 Å². The molecule has 0 N–H and O–H groups in total. The maximum Gasteiger partial charge on any atom is 0.417 e. The number of rotatable bonds is 4. The largest absolute Gasteiger partial charge is 0.485 e. The number of halogens is 4. The van der Waals surface area contributed by atoms with Crippen molar-refractivity contribution >= 4 is 11.6 Å². The molecule has 2 aromatic carbocycles. The highest BCUT2D eigenvalue weighted by atomic mass is 35.5. The van der Waals surface area contributed by atoms with Crippen LogP contribution in [0.4, 0.5) is 13.2 Å². The van der Waals surface area contributed by atoms with E-state index in [2.05, 4.69) is 10.1 Å². The number of ether oxygens (including phenoxy) is 1. The average molecular weight is 369 g/mol. The number of nitrogens with zero attached hydrogens (tertiary/aromatic N) is 2. The van der Waals surface area contributed by atoms with E-state index < -0.39 is 11.7 Å². The number of aryl methyl sites for hydroxylation is 1. The van der Waals surface area contributed by atoms with Crippen LogP contribution in [0.15, 0.2) is 47.0 Å². The second-order valence-corrected chi connectivity index (χ2v) is 5.67. The molecule has 130 valence electrons. The van der Waals surface area contributed by atoms with Crippen LogP contribution in [0, 0.1) is 6.92 Å². The van der Waals surface area contributed by atoms with Crippen molar-refractivity contribution in [3.05, 3.63) is 64.4 Å². The van der Waals surface area contributed by atoms with Crippen LogP contribution in [-0.4, -0.2) is 10.1 Å². The molecule has 8 heteroatoms. The Bertz CT molecular complexity index is 894. The number of alkyl halides is 3. The Morgan fingerprint density at radius 1 is 1.16 bits per heavy atom. The van der Waals surface area contributed by atoms with Crippen LogP contribution in [-0.2, 0) is 12.8 Å². The van der Waals surface area contributed by atoms with Crippen LogP contribution in [0.5, 0.6) is 5.75 Å². The molecule has 1 heterocycles. The predicted octanol–water partition coefficient (Wildman–Crippen LogP) is 5.30. The van der Waals surface area contributed by atoms with Crippen molar-refractivity contribution < 1.29 is 22.4 Å². The summed E-state index contributed by atoms with van der Waals surface area (Å²) in [5.41, 5.74) is -0.164. The topological polar surface area (TPSA) is 48.2 Å². The number of hydrogen-bond acceptors (Lipinski definition) is 4. The molecule has 0 spiro atoms. The van der Waals surface area contributed by atoms with E-state index in [1.165, 1.54) is 18.2 Å². The molecule has 0 atom stereocenters. The molecule has 0 unspecified atom stereocenters. The van der Waals surface area contributed by atoms with Gasteiger partial charge < -0.3 is 9.26 Å². The third kappa shape index (κ3) is 3.93. The molecule has 0 aliphatic heterocycles. The first-order valence-corrected chi connectivity index (χ1v) is 7.60. The summed E-state index contributed by atoms with van der Waals surface area (Å²) in [4.78, 5) is 3.98. The zero-order valence-electron chi connectivity index (χ0n) is 13.0. The normalized spacial score (nSPS) is 11.6. The first kappa shape index (κ1) is 17.3. The van der Waals surface area contributed by atoms with Gasteiger partial charge in [-0.25, -0.2) is 0 Å². The first-order chi connectivity index (χ1) is 11.8. The van der Waals surface area contributed by atoms with E-state index in [1.54, 1.807) is 18.2 Å². The van der Waals surface area contributed by atoms with Gasteiger partial charge >= 0.3 is 6.18 Å². The number of benzene rings is 2. The summed E-state index contributed by atoms with van der Waals surface area (Å²) in [6, 6.07) is 10.1. The van der Waals surface area contributed by atoms with E-state index in [9.17, 15) is 13.2 Å². The Morgan fingerprint density at radius 2 is 1.92 bits per heavy atom. The molecule has 3 rings (SSSR count). The molecule has 3 aromatic rings. The van der Waals surface area contributed by atoms with E-state index in [-0.39, 0.29) is 23.9 Å². The monoisotopic (exact) mass is 368 g/mol. The van der Waals surface area contributed by atoms with Crippen LogP contribution in [0.25, 0.3) is 11.5 Å². The van der Waals surface area contributed by atoms with Crippen molar-refractivity contribution in [2.24, 2.45) is 0 Å². The molecular weight excluding hydrogens is 357 g/mol. The van der Waals surface area contributed by atoms with Gasteiger partial charge in [0.15, 0.2) is 6.61 Å². The van der Waals surface area contributed by atoms with Crippen molar-refractivity contribution in [2.45, 2.75) is 19.7 Å². The Balaban J connectivity index is 1.78. The zero-order chi connectivity index (χ0) is 18.0. The highest BCUT2D eigenvalue weighted by Gasteiger charge is 2.34. The molecule has 25 heavy (non-hydrogen) atoms. The fourth-order valence-corrected chi connectivity index (χ4v) is 2.31. The van der Waals surface area contributed by atoms with Crippen LogP contribution >= 0.6 is 11.6 Å². The van der Waals surface area contributed by atoms with Gasteiger partial charge in [-0.15, -0.1) is 0 Å².